The molecular formula is C38H47F6N4O4+. The summed E-state index contributed by atoms with van der Waals surface area (Å²) in [4.78, 5) is 22.2. The molecule has 0 atom stereocenters. The Labute approximate surface area is 301 Å². The van der Waals surface area contributed by atoms with E-state index in [0.29, 0.717) is 5.69 Å². The fourth-order valence-electron chi connectivity index (χ4n) is 4.76. The summed E-state index contributed by atoms with van der Waals surface area (Å²) in [5.41, 5.74) is -3.55. The van der Waals surface area contributed by atoms with Crippen molar-refractivity contribution in [2.75, 3.05) is 13.1 Å². The largest absolute Gasteiger partial charge is 0.481 e. The van der Waals surface area contributed by atoms with Gasteiger partial charge in [-0.2, -0.15) is 36.9 Å². The van der Waals surface area contributed by atoms with E-state index in [9.17, 15) is 46.5 Å². The topological polar surface area (TPSA) is 151 Å². The first-order valence-electron chi connectivity index (χ1n) is 16.3. The lowest BCUT2D eigenvalue weighted by Crippen LogP contribution is -2.79. The molecule has 0 saturated heterocycles. The van der Waals surface area contributed by atoms with E-state index in [2.05, 4.69) is 11.9 Å². The number of halogens is 6. The Morgan fingerprint density at radius 3 is 2.02 bits per heavy atom. The standard InChI is InChI=1S/C36H40F6N4O4.C2H6/c1-7-8-26(35(37,38)39)17-23(2)34(5,6)30(46-16-14-32(49)50)12-9-24(21-43)18-25(22-44)20-33(3,4)28-19-27(36(40,41)42)10-11-29(28)45-15-13-31(47)48;1-2/h7-12,17-19,45-46H,2,13-16,20H2,1,3-6H3,(H,47,48)(H,49,50);1-2H3/p+1/b8-7-,24-9-,25-18-,26-17+,30-12+;. The van der Waals surface area contributed by atoms with Gasteiger partial charge in [-0.3, -0.25) is 9.59 Å². The number of nitrogens with one attached hydrogen (secondary N) is 1. The fourth-order valence-corrected chi connectivity index (χ4v) is 4.76. The van der Waals surface area contributed by atoms with Crippen molar-refractivity contribution in [3.05, 3.63) is 100 Å². The molecule has 0 unspecified atom stereocenters. The number of benzene rings is 1. The first kappa shape index (κ1) is 46.9. The molecule has 0 fully saturated rings. The number of nitrogens with zero attached hydrogens (tertiary/aromatic N) is 2. The number of rotatable bonds is 17. The number of quaternary nitrogens is 1. The first-order chi connectivity index (χ1) is 24.0. The lowest BCUT2D eigenvalue weighted by atomic mass is 9.77. The summed E-state index contributed by atoms with van der Waals surface area (Å²) in [5.74, 6) is -2.22. The number of aliphatic carboxylic acids is 2. The van der Waals surface area contributed by atoms with Crippen LogP contribution in [0.25, 0.3) is 0 Å². The summed E-state index contributed by atoms with van der Waals surface area (Å²) in [6.07, 6.45) is -3.25. The number of allylic oxidation sites excluding steroid dienone is 10. The molecule has 52 heavy (non-hydrogen) atoms. The van der Waals surface area contributed by atoms with Gasteiger partial charge >= 0.3 is 24.3 Å². The molecule has 0 bridgehead atoms. The molecule has 1 rings (SSSR count). The summed E-state index contributed by atoms with van der Waals surface area (Å²) in [6, 6.07) is 6.95. The SMILES string of the molecule is C=C(/C=C(\C=C/C)C(F)(F)F)C(C)(C)\C(=C/C=C(C#N)/C=C(\C#N)CC(C)(C)c1cc(C(F)(F)F)ccc1[NH2+]CCC(=O)O)NCCC(=O)O.CC. The fraction of sp³-hybridized carbons (Fsp3) is 0.421. The molecule has 0 heterocycles. The lowest BCUT2D eigenvalue weighted by Gasteiger charge is -2.30. The van der Waals surface area contributed by atoms with Gasteiger partial charge in [0.1, 0.15) is 5.69 Å². The van der Waals surface area contributed by atoms with Crippen molar-refractivity contribution in [1.29, 1.82) is 10.5 Å². The Balaban J connectivity index is 0.0000128. The maximum atomic E-state index is 13.6. The second-order valence-corrected chi connectivity index (χ2v) is 12.4. The Morgan fingerprint density at radius 1 is 0.942 bits per heavy atom. The third-order valence-corrected chi connectivity index (χ3v) is 7.63. The molecule has 0 saturated carbocycles. The summed E-state index contributed by atoms with van der Waals surface area (Å²) in [7, 11) is 0. The van der Waals surface area contributed by atoms with E-state index >= 15 is 0 Å². The second-order valence-electron chi connectivity index (χ2n) is 12.4. The van der Waals surface area contributed by atoms with Crippen LogP contribution in [0.1, 0.15) is 78.9 Å². The number of nitrogens with two attached hydrogens (primary N) is 1. The van der Waals surface area contributed by atoms with Crippen molar-refractivity contribution in [1.82, 2.24) is 5.32 Å². The highest BCUT2D eigenvalue weighted by atomic mass is 19.4. The van der Waals surface area contributed by atoms with Crippen molar-refractivity contribution in [2.45, 2.75) is 85.5 Å². The third kappa shape index (κ3) is 15.4. The summed E-state index contributed by atoms with van der Waals surface area (Å²) in [5, 5.41) is 42.4. The minimum absolute atomic E-state index is 0.0102. The average Bonchev–Trinajstić information content (AvgIpc) is 3.04. The Morgan fingerprint density at radius 2 is 1.54 bits per heavy atom. The molecule has 14 heteroatoms. The maximum absolute atomic E-state index is 13.6. The molecule has 1 aromatic rings. The van der Waals surface area contributed by atoms with E-state index in [1.807, 2.05) is 26.0 Å². The molecule has 1 aromatic carbocycles. The third-order valence-electron chi connectivity index (χ3n) is 7.63. The van der Waals surface area contributed by atoms with Crippen LogP contribution in [0.15, 0.2) is 89.2 Å². The van der Waals surface area contributed by atoms with Gasteiger partial charge in [0.2, 0.25) is 0 Å². The lowest BCUT2D eigenvalue weighted by molar-refractivity contribution is -0.571. The predicted molar refractivity (Wildman–Crippen MR) is 187 cm³/mol. The van der Waals surface area contributed by atoms with Crippen molar-refractivity contribution in [3.8, 4) is 12.1 Å². The second kappa shape index (κ2) is 20.7. The molecule has 0 aliphatic carbocycles. The van der Waals surface area contributed by atoms with Gasteiger partial charge in [0.05, 0.1) is 48.2 Å². The normalized spacial score (nSPS) is 13.5. The van der Waals surface area contributed by atoms with Crippen molar-refractivity contribution < 1.29 is 51.5 Å². The highest BCUT2D eigenvalue weighted by Crippen LogP contribution is 2.39. The summed E-state index contributed by atoms with van der Waals surface area (Å²) in [6.45, 7) is 15.5. The first-order valence-corrected chi connectivity index (χ1v) is 16.3. The molecule has 0 radical (unpaired) electrons. The number of nitriles is 2. The smallest absolute Gasteiger partial charge is 0.416 e. The number of hydrogen-bond donors (Lipinski definition) is 4. The number of alkyl halides is 6. The Kier molecular flexibility index (Phi) is 18.7. The minimum Gasteiger partial charge on any atom is -0.481 e. The van der Waals surface area contributed by atoms with Gasteiger partial charge in [-0.25, -0.2) is 0 Å². The predicted octanol–water partition coefficient (Wildman–Crippen LogP) is 8.56. The zero-order valence-electron chi connectivity index (χ0n) is 30.4. The molecule has 5 N–H and O–H groups in total. The maximum Gasteiger partial charge on any atom is 0.416 e. The zero-order valence-corrected chi connectivity index (χ0v) is 30.4. The Bertz CT molecular complexity index is 1670. The summed E-state index contributed by atoms with van der Waals surface area (Å²) < 4.78 is 81.7. The van der Waals surface area contributed by atoms with Crippen LogP contribution >= 0.6 is 0 Å². The van der Waals surface area contributed by atoms with Crippen molar-refractivity contribution in [2.24, 2.45) is 5.41 Å². The van der Waals surface area contributed by atoms with Crippen LogP contribution in [0.5, 0.6) is 0 Å². The number of hydrogen-bond acceptors (Lipinski definition) is 5. The average molecular weight is 738 g/mol. The monoisotopic (exact) mass is 737 g/mol. The number of carboxylic acid groups (broad SMARTS) is 2. The highest BCUT2D eigenvalue weighted by molar-refractivity contribution is 5.67. The van der Waals surface area contributed by atoms with E-state index in [1.54, 1.807) is 27.7 Å². The van der Waals surface area contributed by atoms with Gasteiger partial charge in [-0.15, -0.1) is 0 Å². The van der Waals surface area contributed by atoms with Gasteiger partial charge in [-0.1, -0.05) is 60.3 Å². The molecule has 284 valence electrons. The number of carbonyl (C=O) groups is 2. The molecule has 8 nitrogen and oxygen atoms in total. The van der Waals surface area contributed by atoms with Crippen LogP contribution in [-0.2, 0) is 21.2 Å². The molecule has 0 amide bonds. The zero-order chi connectivity index (χ0) is 40.5. The van der Waals surface area contributed by atoms with Crippen LogP contribution in [-0.4, -0.2) is 41.4 Å². The van der Waals surface area contributed by atoms with Crippen LogP contribution in [0.2, 0.25) is 0 Å². The van der Waals surface area contributed by atoms with Crippen LogP contribution < -0.4 is 10.6 Å². The van der Waals surface area contributed by atoms with Gasteiger partial charge in [-0.05, 0) is 61.4 Å². The van der Waals surface area contributed by atoms with E-state index in [4.69, 9.17) is 10.2 Å². The van der Waals surface area contributed by atoms with Gasteiger partial charge < -0.3 is 20.8 Å². The van der Waals surface area contributed by atoms with Crippen LogP contribution in [0, 0.1) is 28.1 Å². The van der Waals surface area contributed by atoms with Gasteiger partial charge in [0.25, 0.3) is 0 Å². The van der Waals surface area contributed by atoms with Gasteiger partial charge in [0.15, 0.2) is 0 Å². The van der Waals surface area contributed by atoms with Gasteiger partial charge in [0, 0.05) is 34.2 Å². The molecular weight excluding hydrogens is 690 g/mol. The van der Waals surface area contributed by atoms with E-state index in [-0.39, 0.29) is 60.3 Å². The van der Waals surface area contributed by atoms with E-state index in [1.165, 1.54) is 42.6 Å². The quantitative estimate of drug-likeness (QED) is 0.0541. The highest BCUT2D eigenvalue weighted by Gasteiger charge is 2.36. The summed E-state index contributed by atoms with van der Waals surface area (Å²) >= 11 is 0. The van der Waals surface area contributed by atoms with Crippen LogP contribution in [0.3, 0.4) is 0 Å². The van der Waals surface area contributed by atoms with Crippen LogP contribution in [0.4, 0.5) is 32.0 Å². The van der Waals surface area contributed by atoms with Crippen molar-refractivity contribution >= 4 is 17.6 Å². The Hall–Kier alpha value is -5.08. The van der Waals surface area contributed by atoms with E-state index < -0.39 is 46.3 Å². The van der Waals surface area contributed by atoms with E-state index in [0.717, 1.165) is 24.3 Å². The molecule has 0 aliphatic rings. The molecule has 0 aromatic heterocycles. The minimum atomic E-state index is -4.68. The number of carboxylic acids is 2. The molecule has 0 aliphatic heterocycles. The molecule has 0 spiro atoms. The van der Waals surface area contributed by atoms with Crippen molar-refractivity contribution in [3.63, 3.8) is 0 Å².